The highest BCUT2D eigenvalue weighted by Gasteiger charge is 1.80. The lowest BCUT2D eigenvalue weighted by Gasteiger charge is -1.81. The number of hydrogen-bond donors (Lipinski definition) is 1. The third-order valence-corrected chi connectivity index (χ3v) is 0.737. The minimum atomic E-state index is 0.548. The lowest BCUT2D eigenvalue weighted by atomic mass is 10.3. The molecule has 3 nitrogen and oxygen atoms in total. The molecule has 0 saturated carbocycles. The number of carbonyl (C=O) groups is 1. The van der Waals surface area contributed by atoms with Crippen LogP contribution in [-0.4, -0.2) is 17.7 Å². The van der Waals surface area contributed by atoms with Crippen molar-refractivity contribution in [2.45, 2.75) is 19.3 Å². The van der Waals surface area contributed by atoms with Crippen molar-refractivity contribution in [2.24, 2.45) is 5.16 Å². The summed E-state index contributed by atoms with van der Waals surface area (Å²) < 4.78 is 0. The Balaban J connectivity index is 2.82. The predicted octanol–water partition coefficient (Wildman–Crippen LogP) is 0.816. The highest BCUT2D eigenvalue weighted by atomic mass is 16.4. The third-order valence-electron chi connectivity index (χ3n) is 0.737. The first-order chi connectivity index (χ1) is 3.91. The highest BCUT2D eigenvalue weighted by Crippen LogP contribution is 1.87. The average molecular weight is 115 g/mol. The summed E-state index contributed by atoms with van der Waals surface area (Å²) in [5.74, 6) is 0. The summed E-state index contributed by atoms with van der Waals surface area (Å²) in [6, 6.07) is 0. The van der Waals surface area contributed by atoms with Gasteiger partial charge in [0.05, 0.1) is 0 Å². The Hall–Kier alpha value is -0.860. The molecule has 0 spiro atoms. The zero-order valence-corrected chi connectivity index (χ0v) is 4.58. The van der Waals surface area contributed by atoms with E-state index in [0.29, 0.717) is 12.8 Å². The summed E-state index contributed by atoms with van der Waals surface area (Å²) in [5.41, 5.74) is 0. The molecular formula is C5H9NO2. The van der Waals surface area contributed by atoms with Crippen LogP contribution >= 0.6 is 0 Å². The molecule has 0 radical (unpaired) electrons. The van der Waals surface area contributed by atoms with E-state index in [4.69, 9.17) is 5.21 Å². The minimum absolute atomic E-state index is 0.548. The number of unbranched alkanes of at least 4 members (excludes halogenated alkanes) is 2. The van der Waals surface area contributed by atoms with Crippen molar-refractivity contribution in [3.8, 4) is 0 Å². The van der Waals surface area contributed by atoms with Crippen LogP contribution < -0.4 is 0 Å². The van der Waals surface area contributed by atoms with Crippen LogP contribution in [0.1, 0.15) is 19.3 Å². The lowest BCUT2D eigenvalue weighted by Crippen LogP contribution is -1.77. The second kappa shape index (κ2) is 6.14. The fourth-order valence-corrected chi connectivity index (χ4v) is 0.350. The Morgan fingerprint density at radius 1 is 1.50 bits per heavy atom. The normalized spacial score (nSPS) is 10.0. The zero-order valence-electron chi connectivity index (χ0n) is 4.58. The standard InChI is InChI=1S/C5H9NO2/c7-5-3-1-2-4-6-8/h4-5,8H,1-3H2/b6-4+. The SMILES string of the molecule is O=CCCC/C=N/O. The number of rotatable bonds is 4. The molecule has 0 aromatic heterocycles. The van der Waals surface area contributed by atoms with Crippen molar-refractivity contribution in [2.75, 3.05) is 0 Å². The van der Waals surface area contributed by atoms with Crippen molar-refractivity contribution in [1.29, 1.82) is 0 Å². The largest absolute Gasteiger partial charge is 0.411 e. The molecule has 0 amide bonds. The van der Waals surface area contributed by atoms with E-state index in [1.54, 1.807) is 0 Å². The van der Waals surface area contributed by atoms with Crippen LogP contribution in [0.25, 0.3) is 0 Å². The predicted molar refractivity (Wildman–Crippen MR) is 30.2 cm³/mol. The van der Waals surface area contributed by atoms with Gasteiger partial charge < -0.3 is 10.0 Å². The second-order valence-electron chi connectivity index (χ2n) is 1.40. The van der Waals surface area contributed by atoms with Crippen LogP contribution in [0.3, 0.4) is 0 Å². The maximum Gasteiger partial charge on any atom is 0.120 e. The van der Waals surface area contributed by atoms with Gasteiger partial charge in [-0.25, -0.2) is 0 Å². The summed E-state index contributed by atoms with van der Waals surface area (Å²) in [5, 5.41) is 10.6. The number of nitrogens with zero attached hydrogens (tertiary/aromatic N) is 1. The van der Waals surface area contributed by atoms with E-state index in [1.165, 1.54) is 6.21 Å². The highest BCUT2D eigenvalue weighted by molar-refractivity contribution is 5.57. The lowest BCUT2D eigenvalue weighted by molar-refractivity contribution is -0.107. The first-order valence-corrected chi connectivity index (χ1v) is 2.51. The third kappa shape index (κ3) is 5.14. The van der Waals surface area contributed by atoms with Crippen molar-refractivity contribution >= 4 is 12.5 Å². The molecule has 0 aromatic carbocycles. The fourth-order valence-electron chi connectivity index (χ4n) is 0.350. The maximum atomic E-state index is 9.66. The summed E-state index contributed by atoms with van der Waals surface area (Å²) >= 11 is 0. The van der Waals surface area contributed by atoms with Crippen LogP contribution in [0.15, 0.2) is 5.16 Å². The Bertz CT molecular complexity index is 80.5. The molecule has 8 heavy (non-hydrogen) atoms. The summed E-state index contributed by atoms with van der Waals surface area (Å²) in [7, 11) is 0. The van der Waals surface area contributed by atoms with E-state index in [1.807, 2.05) is 0 Å². The van der Waals surface area contributed by atoms with Crippen molar-refractivity contribution < 1.29 is 10.0 Å². The van der Waals surface area contributed by atoms with Gasteiger partial charge in [0.1, 0.15) is 6.29 Å². The van der Waals surface area contributed by atoms with E-state index >= 15 is 0 Å². The van der Waals surface area contributed by atoms with E-state index in [9.17, 15) is 4.79 Å². The molecule has 0 atom stereocenters. The van der Waals surface area contributed by atoms with Gasteiger partial charge >= 0.3 is 0 Å². The number of oxime groups is 1. The number of carbonyl (C=O) groups excluding carboxylic acids is 1. The molecule has 0 aliphatic carbocycles. The van der Waals surface area contributed by atoms with Crippen molar-refractivity contribution in [3.05, 3.63) is 0 Å². The van der Waals surface area contributed by atoms with Crippen LogP contribution in [0.4, 0.5) is 0 Å². The van der Waals surface area contributed by atoms with Gasteiger partial charge in [0.25, 0.3) is 0 Å². The molecule has 46 valence electrons. The summed E-state index contributed by atoms with van der Waals surface area (Å²) in [6.07, 6.45) is 4.23. The molecule has 1 N–H and O–H groups in total. The van der Waals surface area contributed by atoms with Crippen LogP contribution in [0.5, 0.6) is 0 Å². The van der Waals surface area contributed by atoms with Crippen molar-refractivity contribution in [3.63, 3.8) is 0 Å². The van der Waals surface area contributed by atoms with Gasteiger partial charge in [0.2, 0.25) is 0 Å². The smallest absolute Gasteiger partial charge is 0.120 e. The van der Waals surface area contributed by atoms with Gasteiger partial charge in [0.15, 0.2) is 0 Å². The van der Waals surface area contributed by atoms with Crippen molar-refractivity contribution in [1.82, 2.24) is 0 Å². The molecule has 0 aliphatic heterocycles. The number of aldehydes is 1. The van der Waals surface area contributed by atoms with Gasteiger partial charge in [0, 0.05) is 12.6 Å². The second-order valence-corrected chi connectivity index (χ2v) is 1.40. The Labute approximate surface area is 48.0 Å². The maximum absolute atomic E-state index is 9.66. The van der Waals surface area contributed by atoms with Gasteiger partial charge in [-0.15, -0.1) is 5.16 Å². The molecule has 0 fully saturated rings. The summed E-state index contributed by atoms with van der Waals surface area (Å²) in [4.78, 5) is 9.66. The molecule has 0 saturated heterocycles. The Morgan fingerprint density at radius 3 is 2.75 bits per heavy atom. The Kier molecular flexibility index (Phi) is 5.48. The molecule has 3 heteroatoms. The number of hydrogen-bond acceptors (Lipinski definition) is 3. The van der Waals surface area contributed by atoms with Crippen LogP contribution in [0, 0.1) is 0 Å². The van der Waals surface area contributed by atoms with Gasteiger partial charge in [-0.1, -0.05) is 0 Å². The molecular weight excluding hydrogens is 106 g/mol. The van der Waals surface area contributed by atoms with E-state index < -0.39 is 0 Å². The molecule has 0 bridgehead atoms. The van der Waals surface area contributed by atoms with E-state index in [0.717, 1.165) is 12.7 Å². The first kappa shape index (κ1) is 7.14. The van der Waals surface area contributed by atoms with Gasteiger partial charge in [-0.2, -0.15) is 0 Å². The van der Waals surface area contributed by atoms with Crippen LogP contribution in [0.2, 0.25) is 0 Å². The fraction of sp³-hybridized carbons (Fsp3) is 0.600. The molecule has 0 rings (SSSR count). The topological polar surface area (TPSA) is 49.7 Å². The monoisotopic (exact) mass is 115 g/mol. The molecule has 0 unspecified atom stereocenters. The zero-order chi connectivity index (χ0) is 6.24. The summed E-state index contributed by atoms with van der Waals surface area (Å²) in [6.45, 7) is 0. The molecule has 0 aliphatic rings. The first-order valence-electron chi connectivity index (χ1n) is 2.51. The quantitative estimate of drug-likeness (QED) is 0.194. The molecule has 0 aromatic rings. The van der Waals surface area contributed by atoms with E-state index in [-0.39, 0.29) is 0 Å². The van der Waals surface area contributed by atoms with E-state index in [2.05, 4.69) is 5.16 Å². The van der Waals surface area contributed by atoms with Crippen LogP contribution in [-0.2, 0) is 4.79 Å². The molecule has 0 heterocycles. The average Bonchev–Trinajstić information content (AvgIpc) is 1.81. The Morgan fingerprint density at radius 2 is 2.25 bits per heavy atom. The van der Waals surface area contributed by atoms with Gasteiger partial charge in [-0.3, -0.25) is 0 Å². The van der Waals surface area contributed by atoms with Gasteiger partial charge in [-0.05, 0) is 12.8 Å². The minimum Gasteiger partial charge on any atom is -0.411 e.